The average molecular weight is 278 g/mol. The number of phenolic OH excluding ortho intramolecular Hbond substituents is 1. The third-order valence-electron chi connectivity index (χ3n) is 3.80. The molecule has 1 fully saturated rings. The van der Waals surface area contributed by atoms with Crippen LogP contribution < -0.4 is 16.5 Å². The van der Waals surface area contributed by atoms with Gasteiger partial charge in [-0.1, -0.05) is 6.07 Å². The van der Waals surface area contributed by atoms with Gasteiger partial charge in [0, 0.05) is 0 Å². The van der Waals surface area contributed by atoms with Gasteiger partial charge in [-0.2, -0.15) is 0 Å². The second-order valence-corrected chi connectivity index (χ2v) is 5.85. The molecule has 1 aromatic rings. The van der Waals surface area contributed by atoms with E-state index in [1.165, 1.54) is 6.07 Å². The number of aromatic hydroxyl groups is 1. The Morgan fingerprint density at radius 3 is 2.30 bits per heavy atom. The number of rotatable bonds is 2. The van der Waals surface area contributed by atoms with Gasteiger partial charge in [0.15, 0.2) is 0 Å². The van der Waals surface area contributed by atoms with Crippen LogP contribution in [0.2, 0.25) is 0 Å². The molecule has 2 amide bonds. The van der Waals surface area contributed by atoms with E-state index < -0.39 is 24.4 Å². The molecule has 0 bridgehead atoms. The molecule has 4 N–H and O–H groups in total. The van der Waals surface area contributed by atoms with Crippen molar-refractivity contribution < 1.29 is 19.2 Å². The molecule has 108 valence electrons. The zero-order valence-corrected chi connectivity index (χ0v) is 12.1. The average Bonchev–Trinajstić information content (AvgIpc) is 2.50. The lowest BCUT2D eigenvalue weighted by molar-refractivity contribution is 0.00578. The highest BCUT2D eigenvalue weighted by Crippen LogP contribution is 2.36. The van der Waals surface area contributed by atoms with Crippen LogP contribution in [0.5, 0.6) is 5.75 Å². The fraction of sp³-hybridized carbons (Fsp3) is 0.462. The van der Waals surface area contributed by atoms with Crippen molar-refractivity contribution >= 4 is 24.3 Å². The number of urea groups is 1. The summed E-state index contributed by atoms with van der Waals surface area (Å²) in [6.07, 6.45) is 0. The van der Waals surface area contributed by atoms with Gasteiger partial charge in [-0.15, -0.1) is 0 Å². The first kappa shape index (κ1) is 14.7. The molecule has 0 atom stereocenters. The van der Waals surface area contributed by atoms with Crippen LogP contribution in [0, 0.1) is 0 Å². The van der Waals surface area contributed by atoms with Gasteiger partial charge in [0.25, 0.3) is 0 Å². The minimum atomic E-state index is -0.744. The standard InChI is InChI=1S/C13H19BN2O4/c1-12(2)13(3,4)20-14(19-12)8-5-6-10(17)9(7-8)16-11(15)18/h5-7,17H,1-4H3,(H3,15,16,18). The second-order valence-electron chi connectivity index (χ2n) is 5.85. The Hall–Kier alpha value is -1.73. The zero-order chi connectivity index (χ0) is 15.1. The number of primary amides is 1. The van der Waals surface area contributed by atoms with Crippen molar-refractivity contribution in [1.29, 1.82) is 0 Å². The molecule has 0 spiro atoms. The first-order valence-corrected chi connectivity index (χ1v) is 6.37. The molecule has 1 aliphatic rings. The smallest absolute Gasteiger partial charge is 0.494 e. The highest BCUT2D eigenvalue weighted by Gasteiger charge is 2.51. The van der Waals surface area contributed by atoms with E-state index in [1.54, 1.807) is 12.1 Å². The summed E-state index contributed by atoms with van der Waals surface area (Å²) in [5.41, 5.74) is 5.08. The molecule has 1 saturated heterocycles. The van der Waals surface area contributed by atoms with Gasteiger partial charge >= 0.3 is 13.1 Å². The molecule has 0 aromatic heterocycles. The van der Waals surface area contributed by atoms with Gasteiger partial charge in [0.2, 0.25) is 0 Å². The highest BCUT2D eigenvalue weighted by molar-refractivity contribution is 6.62. The molecule has 0 aliphatic carbocycles. The summed E-state index contributed by atoms with van der Waals surface area (Å²) < 4.78 is 11.8. The molecule has 7 heteroatoms. The predicted molar refractivity (Wildman–Crippen MR) is 77.0 cm³/mol. The molecule has 1 heterocycles. The molecule has 0 unspecified atom stereocenters. The first-order valence-electron chi connectivity index (χ1n) is 6.37. The number of hydrogen-bond acceptors (Lipinski definition) is 4. The van der Waals surface area contributed by atoms with Gasteiger partial charge < -0.3 is 25.5 Å². The fourth-order valence-corrected chi connectivity index (χ4v) is 1.91. The van der Waals surface area contributed by atoms with E-state index in [1.807, 2.05) is 27.7 Å². The number of anilines is 1. The number of carbonyl (C=O) groups is 1. The molecule has 20 heavy (non-hydrogen) atoms. The molecule has 0 radical (unpaired) electrons. The van der Waals surface area contributed by atoms with Gasteiger partial charge in [-0.3, -0.25) is 0 Å². The monoisotopic (exact) mass is 278 g/mol. The lowest BCUT2D eigenvalue weighted by Crippen LogP contribution is -2.41. The fourth-order valence-electron chi connectivity index (χ4n) is 1.91. The maximum Gasteiger partial charge on any atom is 0.494 e. The second kappa shape index (κ2) is 4.68. The quantitative estimate of drug-likeness (QED) is 0.559. The molecule has 0 saturated carbocycles. The minimum Gasteiger partial charge on any atom is -0.506 e. The van der Waals surface area contributed by atoms with Gasteiger partial charge in [0.1, 0.15) is 5.75 Å². The van der Waals surface area contributed by atoms with Crippen molar-refractivity contribution in [3.8, 4) is 5.75 Å². The molecule has 2 rings (SSSR count). The van der Waals surface area contributed by atoms with Crippen LogP contribution in [0.4, 0.5) is 10.5 Å². The van der Waals surface area contributed by atoms with Crippen LogP contribution in [-0.4, -0.2) is 29.5 Å². The minimum absolute atomic E-state index is 0.0657. The van der Waals surface area contributed by atoms with Crippen LogP contribution in [0.15, 0.2) is 18.2 Å². The summed E-state index contributed by atoms with van der Waals surface area (Å²) in [6, 6.07) is 3.99. The maximum absolute atomic E-state index is 10.9. The van der Waals surface area contributed by atoms with Crippen molar-refractivity contribution in [2.24, 2.45) is 5.73 Å². The van der Waals surface area contributed by atoms with E-state index >= 15 is 0 Å². The Bertz CT molecular complexity index is 529. The lowest BCUT2D eigenvalue weighted by atomic mass is 9.79. The topological polar surface area (TPSA) is 93.8 Å². The maximum atomic E-state index is 10.9. The summed E-state index contributed by atoms with van der Waals surface area (Å²) >= 11 is 0. The Morgan fingerprint density at radius 2 is 1.80 bits per heavy atom. The number of amides is 2. The number of nitrogens with one attached hydrogen (secondary N) is 1. The van der Waals surface area contributed by atoms with E-state index in [2.05, 4.69) is 5.32 Å². The van der Waals surface area contributed by atoms with Crippen molar-refractivity contribution in [1.82, 2.24) is 0 Å². The molecule has 1 aliphatic heterocycles. The third kappa shape index (κ3) is 2.59. The summed E-state index contributed by atoms with van der Waals surface area (Å²) in [4.78, 5) is 10.9. The summed E-state index contributed by atoms with van der Waals surface area (Å²) in [5.74, 6) is -0.0657. The Balaban J connectivity index is 2.29. The number of phenols is 1. The van der Waals surface area contributed by atoms with E-state index in [4.69, 9.17) is 15.0 Å². The van der Waals surface area contributed by atoms with E-state index in [0.29, 0.717) is 5.46 Å². The first-order chi connectivity index (χ1) is 9.12. The van der Waals surface area contributed by atoms with Crippen LogP contribution in [0.1, 0.15) is 27.7 Å². The summed E-state index contributed by atoms with van der Waals surface area (Å²) in [7, 11) is -0.561. The van der Waals surface area contributed by atoms with E-state index in [0.717, 1.165) is 0 Å². The molecular formula is C13H19BN2O4. The summed E-state index contributed by atoms with van der Waals surface area (Å²) in [5, 5.41) is 12.0. The molecule has 6 nitrogen and oxygen atoms in total. The van der Waals surface area contributed by atoms with Crippen LogP contribution >= 0.6 is 0 Å². The molecule has 1 aromatic carbocycles. The number of nitrogens with two attached hydrogens (primary N) is 1. The predicted octanol–water partition coefficient (Wildman–Crippen LogP) is 1.18. The number of benzene rings is 1. The Labute approximate surface area is 118 Å². The Kier molecular flexibility index (Phi) is 3.43. The third-order valence-corrected chi connectivity index (χ3v) is 3.80. The number of carbonyl (C=O) groups excluding carboxylic acids is 1. The molecular weight excluding hydrogens is 259 g/mol. The van der Waals surface area contributed by atoms with Crippen molar-refractivity contribution in [3.05, 3.63) is 18.2 Å². The van der Waals surface area contributed by atoms with Crippen molar-refractivity contribution in [2.75, 3.05) is 5.32 Å². The van der Waals surface area contributed by atoms with Crippen LogP contribution in [0.25, 0.3) is 0 Å². The van der Waals surface area contributed by atoms with Crippen molar-refractivity contribution in [3.63, 3.8) is 0 Å². The zero-order valence-electron chi connectivity index (χ0n) is 12.1. The van der Waals surface area contributed by atoms with Gasteiger partial charge in [-0.05, 0) is 45.3 Å². The van der Waals surface area contributed by atoms with Gasteiger partial charge in [-0.25, -0.2) is 4.79 Å². The van der Waals surface area contributed by atoms with E-state index in [-0.39, 0.29) is 11.4 Å². The normalized spacial score (nSPS) is 19.9. The van der Waals surface area contributed by atoms with Crippen LogP contribution in [-0.2, 0) is 9.31 Å². The number of hydrogen-bond donors (Lipinski definition) is 3. The van der Waals surface area contributed by atoms with Crippen LogP contribution in [0.3, 0.4) is 0 Å². The van der Waals surface area contributed by atoms with Gasteiger partial charge in [0.05, 0.1) is 16.9 Å². The van der Waals surface area contributed by atoms with Crippen molar-refractivity contribution in [2.45, 2.75) is 38.9 Å². The highest BCUT2D eigenvalue weighted by atomic mass is 16.7. The summed E-state index contributed by atoms with van der Waals surface area (Å²) in [6.45, 7) is 7.82. The Morgan fingerprint density at radius 1 is 1.25 bits per heavy atom. The largest absolute Gasteiger partial charge is 0.506 e. The SMILES string of the molecule is CC1(C)OB(c2ccc(O)c(NC(N)=O)c2)OC1(C)C. The lowest BCUT2D eigenvalue weighted by Gasteiger charge is -2.32. The van der Waals surface area contributed by atoms with E-state index in [9.17, 15) is 9.90 Å².